The average Bonchev–Trinajstić information content (AvgIpc) is 2.81. The molecule has 4 saturated carbocycles. The summed E-state index contributed by atoms with van der Waals surface area (Å²) in [5.74, 6) is 1.39. The molecule has 26 heavy (non-hydrogen) atoms. The predicted octanol–water partition coefficient (Wildman–Crippen LogP) is 3.43. The molecule has 4 aliphatic carbocycles. The highest BCUT2D eigenvalue weighted by atomic mass is 16.4. The number of nitrogens with one attached hydrogen (secondary N) is 1. The fourth-order valence-electron chi connectivity index (χ4n) is 6.31. The molecule has 4 fully saturated rings. The first-order chi connectivity index (χ1) is 12.3. The molecule has 4 aliphatic rings. The van der Waals surface area contributed by atoms with E-state index < -0.39 is 5.91 Å². The summed E-state index contributed by atoms with van der Waals surface area (Å²) in [6.45, 7) is 2.95. The molecule has 0 aromatic carbocycles. The number of carbonyl (C=O) groups is 3. The number of nitrogens with two attached hydrogens (primary N) is 1. The number of amides is 2. The van der Waals surface area contributed by atoms with Crippen molar-refractivity contribution in [2.45, 2.75) is 58.8 Å². The van der Waals surface area contributed by atoms with Gasteiger partial charge in [-0.3, -0.25) is 19.7 Å². The number of carbonyl (C=O) groups excluding carboxylic acids is 3. The molecule has 5 rings (SSSR count). The number of furan rings is 1. The van der Waals surface area contributed by atoms with Crippen molar-refractivity contribution in [2.24, 2.45) is 28.9 Å². The molecular weight excluding hydrogens is 332 g/mol. The lowest BCUT2D eigenvalue weighted by Gasteiger charge is -2.56. The van der Waals surface area contributed by atoms with Crippen LogP contribution >= 0.6 is 0 Å². The standard InChI is InChI=1S/C20H26N2O4/c1-10(23)16-11(2)26-19(17(16)18(21)25)22-15(24)9-20-6-12-3-13(7-20)5-14(4-12)8-20/h12-14H,3-9H2,1-2H3,(H2,21,25)(H,22,24). The first-order valence-electron chi connectivity index (χ1n) is 9.50. The van der Waals surface area contributed by atoms with Gasteiger partial charge in [0.25, 0.3) is 5.91 Å². The topological polar surface area (TPSA) is 102 Å². The SMILES string of the molecule is CC(=O)c1c(C)oc(NC(=O)CC23CC4CC(CC(C4)C2)C3)c1C(N)=O. The van der Waals surface area contributed by atoms with Gasteiger partial charge in [-0.1, -0.05) is 0 Å². The van der Waals surface area contributed by atoms with Crippen LogP contribution in [0.1, 0.15) is 78.3 Å². The second-order valence-electron chi connectivity index (χ2n) is 8.80. The maximum Gasteiger partial charge on any atom is 0.255 e. The Labute approximate surface area is 152 Å². The van der Waals surface area contributed by atoms with E-state index in [9.17, 15) is 14.4 Å². The molecule has 2 amide bonds. The summed E-state index contributed by atoms with van der Waals surface area (Å²) in [6, 6.07) is 0. The molecule has 0 aliphatic heterocycles. The first-order valence-corrected chi connectivity index (χ1v) is 9.50. The van der Waals surface area contributed by atoms with Crippen molar-refractivity contribution in [3.8, 4) is 0 Å². The normalized spacial score (nSPS) is 31.8. The van der Waals surface area contributed by atoms with Gasteiger partial charge < -0.3 is 10.2 Å². The fraction of sp³-hybridized carbons (Fsp3) is 0.650. The molecule has 6 nitrogen and oxygen atoms in total. The summed E-state index contributed by atoms with van der Waals surface area (Å²) in [5.41, 5.74) is 5.66. The summed E-state index contributed by atoms with van der Waals surface area (Å²) >= 11 is 0. The van der Waals surface area contributed by atoms with Gasteiger partial charge in [0, 0.05) is 6.42 Å². The second-order valence-corrected chi connectivity index (χ2v) is 8.80. The van der Waals surface area contributed by atoms with E-state index in [2.05, 4.69) is 5.32 Å². The Morgan fingerprint density at radius 3 is 2.08 bits per heavy atom. The Morgan fingerprint density at radius 1 is 1.08 bits per heavy atom. The number of hydrogen-bond acceptors (Lipinski definition) is 4. The van der Waals surface area contributed by atoms with E-state index >= 15 is 0 Å². The number of rotatable bonds is 5. The largest absolute Gasteiger partial charge is 0.444 e. The van der Waals surface area contributed by atoms with Crippen molar-refractivity contribution >= 4 is 23.5 Å². The number of aryl methyl sites for hydroxylation is 1. The van der Waals surface area contributed by atoms with E-state index in [-0.39, 0.29) is 34.1 Å². The third-order valence-corrected chi connectivity index (χ3v) is 6.64. The zero-order valence-corrected chi connectivity index (χ0v) is 15.4. The Kier molecular flexibility index (Phi) is 3.97. The van der Waals surface area contributed by atoms with Crippen LogP contribution < -0.4 is 11.1 Å². The summed E-state index contributed by atoms with van der Waals surface area (Å²) in [5, 5.41) is 2.72. The lowest BCUT2D eigenvalue weighted by atomic mass is 9.49. The lowest BCUT2D eigenvalue weighted by molar-refractivity contribution is -0.124. The van der Waals surface area contributed by atoms with E-state index in [1.54, 1.807) is 6.92 Å². The molecule has 6 heteroatoms. The Morgan fingerprint density at radius 2 is 1.62 bits per heavy atom. The van der Waals surface area contributed by atoms with E-state index in [1.807, 2.05) is 0 Å². The summed E-state index contributed by atoms with van der Waals surface area (Å²) in [7, 11) is 0. The minimum Gasteiger partial charge on any atom is -0.444 e. The number of Topliss-reactive ketones (excluding diaryl/α,β-unsaturated/α-hetero) is 1. The molecule has 1 aromatic rings. The van der Waals surface area contributed by atoms with Gasteiger partial charge in [-0.15, -0.1) is 0 Å². The van der Waals surface area contributed by atoms with Crippen LogP contribution in [0.15, 0.2) is 4.42 Å². The average molecular weight is 358 g/mol. The van der Waals surface area contributed by atoms with Crippen LogP contribution in [-0.2, 0) is 4.79 Å². The molecule has 0 spiro atoms. The van der Waals surface area contributed by atoms with Crippen LogP contribution in [0.2, 0.25) is 0 Å². The van der Waals surface area contributed by atoms with Crippen molar-refractivity contribution in [3.63, 3.8) is 0 Å². The Hall–Kier alpha value is -2.11. The van der Waals surface area contributed by atoms with Crippen molar-refractivity contribution in [3.05, 3.63) is 16.9 Å². The Bertz CT molecular complexity index is 757. The Balaban J connectivity index is 1.53. The molecule has 0 radical (unpaired) electrons. The smallest absolute Gasteiger partial charge is 0.255 e. The minimum atomic E-state index is -0.767. The summed E-state index contributed by atoms with van der Waals surface area (Å²) in [6.07, 6.45) is 7.81. The van der Waals surface area contributed by atoms with Gasteiger partial charge in [0.1, 0.15) is 11.3 Å². The minimum absolute atomic E-state index is 0.00919. The van der Waals surface area contributed by atoms with Crippen molar-refractivity contribution < 1.29 is 18.8 Å². The summed E-state index contributed by atoms with van der Waals surface area (Å²) in [4.78, 5) is 36.4. The monoisotopic (exact) mass is 358 g/mol. The summed E-state index contributed by atoms with van der Waals surface area (Å²) < 4.78 is 5.51. The van der Waals surface area contributed by atoms with Gasteiger partial charge >= 0.3 is 0 Å². The molecular formula is C20H26N2O4. The van der Waals surface area contributed by atoms with Crippen molar-refractivity contribution in [1.82, 2.24) is 0 Å². The fourth-order valence-corrected chi connectivity index (χ4v) is 6.31. The molecule has 0 saturated heterocycles. The zero-order chi connectivity index (χ0) is 18.6. The van der Waals surface area contributed by atoms with Crippen molar-refractivity contribution in [2.75, 3.05) is 5.32 Å². The lowest BCUT2D eigenvalue weighted by Crippen LogP contribution is -2.47. The van der Waals surface area contributed by atoms with Crippen LogP contribution in [0.4, 0.5) is 5.88 Å². The highest BCUT2D eigenvalue weighted by molar-refractivity contribution is 6.11. The highest BCUT2D eigenvalue weighted by Crippen LogP contribution is 2.61. The molecule has 3 N–H and O–H groups in total. The van der Waals surface area contributed by atoms with Crippen LogP contribution in [0, 0.1) is 30.1 Å². The number of hydrogen-bond donors (Lipinski definition) is 2. The van der Waals surface area contributed by atoms with Crippen LogP contribution in [-0.4, -0.2) is 17.6 Å². The van der Waals surface area contributed by atoms with Crippen molar-refractivity contribution in [1.29, 1.82) is 0 Å². The third-order valence-electron chi connectivity index (χ3n) is 6.64. The molecule has 0 atom stereocenters. The third kappa shape index (κ3) is 2.85. The zero-order valence-electron chi connectivity index (χ0n) is 15.4. The van der Waals surface area contributed by atoms with Gasteiger partial charge in [-0.25, -0.2) is 0 Å². The van der Waals surface area contributed by atoms with Crippen LogP contribution in [0.3, 0.4) is 0 Å². The second kappa shape index (κ2) is 5.96. The predicted molar refractivity (Wildman–Crippen MR) is 95.8 cm³/mol. The quantitative estimate of drug-likeness (QED) is 0.787. The van der Waals surface area contributed by atoms with Gasteiger partial charge in [-0.05, 0) is 75.5 Å². The van der Waals surface area contributed by atoms with Gasteiger partial charge in [0.05, 0.1) is 5.56 Å². The first kappa shape index (κ1) is 17.3. The van der Waals surface area contributed by atoms with E-state index in [4.69, 9.17) is 10.2 Å². The van der Waals surface area contributed by atoms with Gasteiger partial charge in [0.2, 0.25) is 11.8 Å². The number of ketones is 1. The highest BCUT2D eigenvalue weighted by Gasteiger charge is 2.51. The molecule has 140 valence electrons. The van der Waals surface area contributed by atoms with E-state index in [0.29, 0.717) is 12.2 Å². The maximum absolute atomic E-state index is 12.8. The number of primary amides is 1. The molecule has 1 aromatic heterocycles. The van der Waals surface area contributed by atoms with Gasteiger partial charge in [-0.2, -0.15) is 0 Å². The van der Waals surface area contributed by atoms with Crippen LogP contribution in [0.5, 0.6) is 0 Å². The van der Waals surface area contributed by atoms with Crippen LogP contribution in [0.25, 0.3) is 0 Å². The van der Waals surface area contributed by atoms with E-state index in [1.165, 1.54) is 26.2 Å². The van der Waals surface area contributed by atoms with E-state index in [0.717, 1.165) is 37.0 Å². The van der Waals surface area contributed by atoms with Gasteiger partial charge in [0.15, 0.2) is 5.78 Å². The number of anilines is 1. The maximum atomic E-state index is 12.8. The molecule has 4 bridgehead atoms. The molecule has 1 heterocycles. The molecule has 0 unspecified atom stereocenters.